The van der Waals surface area contributed by atoms with Crippen molar-refractivity contribution in [3.05, 3.63) is 53.5 Å². The molecule has 2 atom stereocenters. The van der Waals surface area contributed by atoms with Gasteiger partial charge in [-0.25, -0.2) is 0 Å². The van der Waals surface area contributed by atoms with Crippen LogP contribution in [0.5, 0.6) is 0 Å². The number of anilines is 1. The summed E-state index contributed by atoms with van der Waals surface area (Å²) in [5.41, 5.74) is 3.21. The topological polar surface area (TPSA) is 45.4 Å². The lowest BCUT2D eigenvalue weighted by Gasteiger charge is -2.25. The Bertz CT molecular complexity index is 559. The molecule has 1 aromatic heterocycles. The van der Waals surface area contributed by atoms with Crippen molar-refractivity contribution >= 4 is 5.69 Å². The molecule has 0 spiro atoms. The number of aliphatic hydroxyl groups excluding tert-OH is 1. The summed E-state index contributed by atoms with van der Waals surface area (Å²) in [6, 6.07) is 10.3. The van der Waals surface area contributed by atoms with Gasteiger partial charge in [-0.2, -0.15) is 0 Å². The van der Waals surface area contributed by atoms with Gasteiger partial charge in [-0.1, -0.05) is 18.2 Å². The number of aliphatic hydroxyl groups is 1. The molecule has 19 heavy (non-hydrogen) atoms. The smallest absolute Gasteiger partial charge is 0.109 e. The van der Waals surface area contributed by atoms with E-state index in [0.717, 1.165) is 36.3 Å². The van der Waals surface area contributed by atoms with Gasteiger partial charge in [0.1, 0.15) is 5.76 Å². The molecule has 2 aromatic rings. The Kier molecular flexibility index (Phi) is 3.30. The first kappa shape index (κ1) is 12.3. The summed E-state index contributed by atoms with van der Waals surface area (Å²) in [7, 11) is 0. The number of benzene rings is 1. The highest BCUT2D eigenvalue weighted by Gasteiger charge is 2.23. The van der Waals surface area contributed by atoms with Crippen LogP contribution in [0.25, 0.3) is 0 Å². The minimum atomic E-state index is -0.462. The number of aryl methyl sites for hydroxylation is 1. The Balaban J connectivity index is 1.88. The van der Waals surface area contributed by atoms with Crippen LogP contribution < -0.4 is 5.32 Å². The van der Waals surface area contributed by atoms with Gasteiger partial charge in [0, 0.05) is 23.2 Å². The number of furan rings is 1. The average Bonchev–Trinajstić information content (AvgIpc) is 2.88. The molecule has 100 valence electrons. The van der Waals surface area contributed by atoms with Crippen LogP contribution in [0.2, 0.25) is 0 Å². The van der Waals surface area contributed by atoms with Gasteiger partial charge >= 0.3 is 0 Å². The Morgan fingerprint density at radius 2 is 2.16 bits per heavy atom. The molecule has 3 nitrogen and oxygen atoms in total. The zero-order valence-corrected chi connectivity index (χ0v) is 11.1. The number of rotatable bonds is 3. The minimum absolute atomic E-state index is 0.280. The maximum absolute atomic E-state index is 9.83. The van der Waals surface area contributed by atoms with Crippen molar-refractivity contribution in [1.29, 1.82) is 0 Å². The molecule has 0 fully saturated rings. The molecule has 3 heteroatoms. The molecule has 0 radical (unpaired) electrons. The summed E-state index contributed by atoms with van der Waals surface area (Å²) >= 11 is 0. The molecule has 0 bridgehead atoms. The molecule has 3 rings (SSSR count). The Morgan fingerprint density at radius 3 is 3.00 bits per heavy atom. The van der Waals surface area contributed by atoms with E-state index >= 15 is 0 Å². The van der Waals surface area contributed by atoms with Crippen LogP contribution in [0.3, 0.4) is 0 Å². The fraction of sp³-hybridized carbons (Fsp3) is 0.375. The highest BCUT2D eigenvalue weighted by atomic mass is 16.3. The van der Waals surface area contributed by atoms with Gasteiger partial charge in [-0.3, -0.25) is 0 Å². The average molecular weight is 257 g/mol. The van der Waals surface area contributed by atoms with E-state index in [1.54, 1.807) is 13.2 Å². The molecule has 1 aliphatic rings. The molecule has 0 saturated heterocycles. The maximum Gasteiger partial charge on any atom is 0.109 e. The third kappa shape index (κ3) is 2.38. The second-order valence-corrected chi connectivity index (χ2v) is 5.15. The lowest BCUT2D eigenvalue weighted by atomic mass is 9.93. The predicted molar refractivity (Wildman–Crippen MR) is 75.1 cm³/mol. The molecule has 2 N–H and O–H groups in total. The molecular weight excluding hydrogens is 238 g/mol. The summed E-state index contributed by atoms with van der Waals surface area (Å²) in [5.74, 6) is 1.10. The van der Waals surface area contributed by atoms with Crippen molar-refractivity contribution in [2.45, 2.75) is 38.3 Å². The molecule has 1 aliphatic carbocycles. The Morgan fingerprint density at radius 1 is 1.32 bits per heavy atom. The predicted octanol–water partition coefficient (Wildman–Crippen LogP) is 3.82. The van der Waals surface area contributed by atoms with Crippen LogP contribution in [0, 0.1) is 0 Å². The summed E-state index contributed by atoms with van der Waals surface area (Å²) in [6.07, 6.45) is 4.57. The third-order valence-electron chi connectivity index (χ3n) is 3.79. The van der Waals surface area contributed by atoms with Crippen molar-refractivity contribution in [2.75, 3.05) is 5.32 Å². The number of para-hydroxylation sites is 1. The SMILES string of the molecule is CC(O)c1ccccc1NC1CCCc2occc21. The van der Waals surface area contributed by atoms with Gasteiger partial charge in [-0.05, 0) is 31.9 Å². The Labute approximate surface area is 113 Å². The zero-order valence-electron chi connectivity index (χ0n) is 11.1. The summed E-state index contributed by atoms with van der Waals surface area (Å²) in [4.78, 5) is 0. The first-order valence-corrected chi connectivity index (χ1v) is 6.85. The highest BCUT2D eigenvalue weighted by molar-refractivity contribution is 5.54. The van der Waals surface area contributed by atoms with Crippen molar-refractivity contribution in [3.63, 3.8) is 0 Å². The molecule has 1 aromatic carbocycles. The summed E-state index contributed by atoms with van der Waals surface area (Å²) < 4.78 is 5.51. The number of nitrogens with one attached hydrogen (secondary N) is 1. The van der Waals surface area contributed by atoms with E-state index < -0.39 is 6.10 Å². The second-order valence-electron chi connectivity index (χ2n) is 5.15. The van der Waals surface area contributed by atoms with Crippen LogP contribution in [0.1, 0.15) is 48.8 Å². The Hall–Kier alpha value is -1.74. The van der Waals surface area contributed by atoms with Crippen LogP contribution in [0.15, 0.2) is 41.0 Å². The lowest BCUT2D eigenvalue weighted by molar-refractivity contribution is 0.200. The molecular formula is C16H19NO2. The number of fused-ring (bicyclic) bond motifs is 1. The molecule has 2 unspecified atom stereocenters. The van der Waals surface area contributed by atoms with E-state index in [9.17, 15) is 5.11 Å². The lowest BCUT2D eigenvalue weighted by Crippen LogP contribution is -2.17. The minimum Gasteiger partial charge on any atom is -0.469 e. The molecule has 0 saturated carbocycles. The number of hydrogen-bond acceptors (Lipinski definition) is 3. The third-order valence-corrected chi connectivity index (χ3v) is 3.79. The van der Waals surface area contributed by atoms with Crippen molar-refractivity contribution in [2.24, 2.45) is 0 Å². The summed E-state index contributed by atoms with van der Waals surface area (Å²) in [6.45, 7) is 1.80. The van der Waals surface area contributed by atoms with Crippen LogP contribution in [0.4, 0.5) is 5.69 Å². The van der Waals surface area contributed by atoms with E-state index in [0.29, 0.717) is 0 Å². The van der Waals surface area contributed by atoms with E-state index in [1.807, 2.05) is 24.3 Å². The normalized spacial score (nSPS) is 19.8. The largest absolute Gasteiger partial charge is 0.469 e. The first-order chi connectivity index (χ1) is 9.25. The maximum atomic E-state index is 9.83. The van der Waals surface area contributed by atoms with E-state index in [2.05, 4.69) is 11.4 Å². The van der Waals surface area contributed by atoms with Gasteiger partial charge in [0.25, 0.3) is 0 Å². The monoisotopic (exact) mass is 257 g/mol. The highest BCUT2D eigenvalue weighted by Crippen LogP contribution is 2.34. The van der Waals surface area contributed by atoms with E-state index in [4.69, 9.17) is 4.42 Å². The van der Waals surface area contributed by atoms with Crippen molar-refractivity contribution in [3.8, 4) is 0 Å². The quantitative estimate of drug-likeness (QED) is 0.878. The van der Waals surface area contributed by atoms with Crippen LogP contribution in [-0.2, 0) is 6.42 Å². The zero-order chi connectivity index (χ0) is 13.2. The summed E-state index contributed by atoms with van der Waals surface area (Å²) in [5, 5.41) is 13.4. The van der Waals surface area contributed by atoms with Crippen molar-refractivity contribution < 1.29 is 9.52 Å². The second kappa shape index (κ2) is 5.10. The van der Waals surface area contributed by atoms with Crippen LogP contribution in [-0.4, -0.2) is 5.11 Å². The first-order valence-electron chi connectivity index (χ1n) is 6.85. The molecule has 0 aliphatic heterocycles. The molecule has 1 heterocycles. The fourth-order valence-corrected chi connectivity index (χ4v) is 2.82. The van der Waals surface area contributed by atoms with Crippen LogP contribution >= 0.6 is 0 Å². The van der Waals surface area contributed by atoms with Gasteiger partial charge in [-0.15, -0.1) is 0 Å². The van der Waals surface area contributed by atoms with E-state index in [-0.39, 0.29) is 6.04 Å². The van der Waals surface area contributed by atoms with Gasteiger partial charge in [0.05, 0.1) is 18.4 Å². The van der Waals surface area contributed by atoms with Crippen molar-refractivity contribution in [1.82, 2.24) is 0 Å². The van der Waals surface area contributed by atoms with E-state index in [1.165, 1.54) is 5.56 Å². The van der Waals surface area contributed by atoms with Gasteiger partial charge in [0.15, 0.2) is 0 Å². The molecule has 0 amide bonds. The fourth-order valence-electron chi connectivity index (χ4n) is 2.82. The van der Waals surface area contributed by atoms with Gasteiger partial charge in [0.2, 0.25) is 0 Å². The van der Waals surface area contributed by atoms with Gasteiger partial charge < -0.3 is 14.8 Å². The number of hydrogen-bond donors (Lipinski definition) is 2. The standard InChI is InChI=1S/C16H19NO2/c1-11(18)12-5-2-3-6-14(12)17-15-7-4-8-16-13(15)9-10-19-16/h2-3,5-6,9-11,15,17-18H,4,7-8H2,1H3.